The molecular formula is C11H18N4O3S. The number of aromatic nitrogens is 2. The number of carbonyl (C=O) groups is 1. The fourth-order valence-electron chi connectivity index (χ4n) is 2.13. The fourth-order valence-corrected chi connectivity index (χ4v) is 3.10. The predicted octanol–water partition coefficient (Wildman–Crippen LogP) is -0.243. The lowest BCUT2D eigenvalue weighted by Gasteiger charge is -2.12. The molecule has 0 aromatic carbocycles. The molecule has 19 heavy (non-hydrogen) atoms. The topological polar surface area (TPSA) is 93.1 Å². The number of sulfonamides is 1. The maximum atomic E-state index is 11.8. The molecule has 0 unspecified atom stereocenters. The van der Waals surface area contributed by atoms with Gasteiger partial charge in [-0.25, -0.2) is 13.1 Å². The molecule has 0 atom stereocenters. The first-order valence-corrected chi connectivity index (χ1v) is 7.73. The molecule has 1 aromatic rings. The van der Waals surface area contributed by atoms with Crippen LogP contribution in [0.5, 0.6) is 0 Å². The summed E-state index contributed by atoms with van der Waals surface area (Å²) >= 11 is 0. The van der Waals surface area contributed by atoms with Crippen molar-refractivity contribution >= 4 is 15.9 Å². The maximum Gasteiger partial charge on any atom is 0.244 e. The number of rotatable bonds is 5. The van der Waals surface area contributed by atoms with E-state index in [1.807, 2.05) is 0 Å². The SMILES string of the molecule is Cn1cc(S(=O)(=O)NCC(=O)NC2CCCC2)cn1. The molecule has 0 aliphatic heterocycles. The zero-order valence-corrected chi connectivity index (χ0v) is 11.6. The first-order valence-electron chi connectivity index (χ1n) is 6.25. The summed E-state index contributed by atoms with van der Waals surface area (Å²) < 4.78 is 27.4. The van der Waals surface area contributed by atoms with Crippen LogP contribution in [0.4, 0.5) is 0 Å². The van der Waals surface area contributed by atoms with Gasteiger partial charge in [-0.1, -0.05) is 12.8 Å². The van der Waals surface area contributed by atoms with Crippen molar-refractivity contribution in [2.75, 3.05) is 6.54 Å². The Hall–Kier alpha value is -1.41. The molecule has 0 radical (unpaired) electrons. The van der Waals surface area contributed by atoms with Crippen molar-refractivity contribution in [2.24, 2.45) is 7.05 Å². The Kier molecular flexibility index (Phi) is 4.20. The standard InChI is InChI=1S/C11H18N4O3S/c1-15-8-10(6-12-15)19(17,18)13-7-11(16)14-9-4-2-3-5-9/h6,8-9,13H,2-5,7H2,1H3,(H,14,16). The smallest absolute Gasteiger partial charge is 0.244 e. The monoisotopic (exact) mass is 286 g/mol. The van der Waals surface area contributed by atoms with Gasteiger partial charge in [0.15, 0.2) is 0 Å². The molecule has 8 heteroatoms. The minimum absolute atomic E-state index is 0.0590. The molecule has 1 fully saturated rings. The summed E-state index contributed by atoms with van der Waals surface area (Å²) in [7, 11) is -2.03. The van der Waals surface area contributed by atoms with Gasteiger partial charge >= 0.3 is 0 Å². The van der Waals surface area contributed by atoms with Crippen molar-refractivity contribution in [3.8, 4) is 0 Å². The lowest BCUT2D eigenvalue weighted by atomic mass is 10.2. The Morgan fingerprint density at radius 1 is 1.47 bits per heavy atom. The maximum absolute atomic E-state index is 11.8. The molecule has 1 aliphatic rings. The number of nitrogens with one attached hydrogen (secondary N) is 2. The van der Waals surface area contributed by atoms with E-state index in [9.17, 15) is 13.2 Å². The minimum atomic E-state index is -3.66. The van der Waals surface area contributed by atoms with Crippen LogP contribution in [-0.2, 0) is 21.9 Å². The van der Waals surface area contributed by atoms with Gasteiger partial charge in [-0.05, 0) is 12.8 Å². The zero-order valence-electron chi connectivity index (χ0n) is 10.8. The lowest BCUT2D eigenvalue weighted by molar-refractivity contribution is -0.120. The summed E-state index contributed by atoms with van der Waals surface area (Å²) in [6.07, 6.45) is 6.81. The molecule has 2 rings (SSSR count). The van der Waals surface area contributed by atoms with Crippen LogP contribution in [0.25, 0.3) is 0 Å². The lowest BCUT2D eigenvalue weighted by Crippen LogP contribution is -2.40. The number of hydrogen-bond donors (Lipinski definition) is 2. The van der Waals surface area contributed by atoms with E-state index in [0.717, 1.165) is 25.7 Å². The summed E-state index contributed by atoms with van der Waals surface area (Å²) in [6.45, 7) is -0.242. The van der Waals surface area contributed by atoms with E-state index in [2.05, 4.69) is 15.1 Å². The van der Waals surface area contributed by atoms with Crippen LogP contribution in [0.3, 0.4) is 0 Å². The van der Waals surface area contributed by atoms with E-state index in [-0.39, 0.29) is 23.4 Å². The first kappa shape index (κ1) is 14.0. The molecule has 106 valence electrons. The van der Waals surface area contributed by atoms with Crippen LogP contribution >= 0.6 is 0 Å². The number of amides is 1. The van der Waals surface area contributed by atoms with Crippen LogP contribution in [-0.4, -0.2) is 36.7 Å². The Morgan fingerprint density at radius 2 is 2.16 bits per heavy atom. The quantitative estimate of drug-likeness (QED) is 0.781. The molecule has 7 nitrogen and oxygen atoms in total. The number of hydrogen-bond acceptors (Lipinski definition) is 4. The average molecular weight is 286 g/mol. The molecule has 1 heterocycles. The average Bonchev–Trinajstić information content (AvgIpc) is 2.98. The number of nitrogens with zero attached hydrogens (tertiary/aromatic N) is 2. The second kappa shape index (κ2) is 5.70. The van der Waals surface area contributed by atoms with Gasteiger partial charge in [0.25, 0.3) is 0 Å². The van der Waals surface area contributed by atoms with E-state index in [1.54, 1.807) is 7.05 Å². The van der Waals surface area contributed by atoms with Crippen LogP contribution in [0.15, 0.2) is 17.3 Å². The minimum Gasteiger partial charge on any atom is -0.352 e. The predicted molar refractivity (Wildman–Crippen MR) is 68.8 cm³/mol. The Morgan fingerprint density at radius 3 is 2.74 bits per heavy atom. The van der Waals surface area contributed by atoms with Crippen molar-refractivity contribution in [1.82, 2.24) is 19.8 Å². The number of aryl methyl sites for hydroxylation is 1. The van der Waals surface area contributed by atoms with Crippen molar-refractivity contribution < 1.29 is 13.2 Å². The highest BCUT2D eigenvalue weighted by atomic mass is 32.2. The molecule has 1 aromatic heterocycles. The van der Waals surface area contributed by atoms with Crippen molar-refractivity contribution in [1.29, 1.82) is 0 Å². The van der Waals surface area contributed by atoms with Crippen LogP contribution < -0.4 is 10.0 Å². The van der Waals surface area contributed by atoms with E-state index < -0.39 is 10.0 Å². The summed E-state index contributed by atoms with van der Waals surface area (Å²) in [4.78, 5) is 11.7. The molecule has 1 aliphatic carbocycles. The third-order valence-electron chi connectivity index (χ3n) is 3.13. The summed E-state index contributed by atoms with van der Waals surface area (Å²) in [5.41, 5.74) is 0. The molecule has 0 bridgehead atoms. The third-order valence-corrected chi connectivity index (χ3v) is 4.49. The van der Waals surface area contributed by atoms with Crippen LogP contribution in [0, 0.1) is 0 Å². The molecule has 1 amide bonds. The zero-order chi connectivity index (χ0) is 13.9. The largest absolute Gasteiger partial charge is 0.352 e. The van der Waals surface area contributed by atoms with Gasteiger partial charge in [0.1, 0.15) is 4.90 Å². The molecule has 2 N–H and O–H groups in total. The van der Waals surface area contributed by atoms with Crippen LogP contribution in [0.2, 0.25) is 0 Å². The molecule has 0 spiro atoms. The molecular weight excluding hydrogens is 268 g/mol. The Labute approximate surface area is 112 Å². The van der Waals surface area contributed by atoms with E-state index in [1.165, 1.54) is 17.1 Å². The van der Waals surface area contributed by atoms with Crippen molar-refractivity contribution in [3.05, 3.63) is 12.4 Å². The highest BCUT2D eigenvalue weighted by Crippen LogP contribution is 2.17. The highest BCUT2D eigenvalue weighted by molar-refractivity contribution is 7.89. The van der Waals surface area contributed by atoms with Gasteiger partial charge in [-0.3, -0.25) is 9.48 Å². The van der Waals surface area contributed by atoms with Gasteiger partial charge in [-0.2, -0.15) is 5.10 Å². The fraction of sp³-hybridized carbons (Fsp3) is 0.636. The van der Waals surface area contributed by atoms with Gasteiger partial charge < -0.3 is 5.32 Å². The highest BCUT2D eigenvalue weighted by Gasteiger charge is 2.20. The summed E-state index contributed by atoms with van der Waals surface area (Å²) in [5.74, 6) is -0.292. The van der Waals surface area contributed by atoms with E-state index in [4.69, 9.17) is 0 Å². The van der Waals surface area contributed by atoms with E-state index in [0.29, 0.717) is 0 Å². The second-order valence-electron chi connectivity index (χ2n) is 4.72. The summed E-state index contributed by atoms with van der Waals surface area (Å²) in [5, 5.41) is 6.61. The molecule has 1 saturated carbocycles. The van der Waals surface area contributed by atoms with Gasteiger partial charge in [-0.15, -0.1) is 0 Å². The first-order chi connectivity index (χ1) is 8.97. The van der Waals surface area contributed by atoms with Gasteiger partial charge in [0, 0.05) is 19.3 Å². The Bertz CT molecular complexity index is 546. The van der Waals surface area contributed by atoms with Crippen molar-refractivity contribution in [2.45, 2.75) is 36.6 Å². The normalized spacial score (nSPS) is 16.7. The summed E-state index contributed by atoms with van der Waals surface area (Å²) in [6, 6.07) is 0.190. The van der Waals surface area contributed by atoms with E-state index >= 15 is 0 Å². The van der Waals surface area contributed by atoms with Gasteiger partial charge in [0.05, 0.1) is 12.7 Å². The van der Waals surface area contributed by atoms with Crippen molar-refractivity contribution in [3.63, 3.8) is 0 Å². The second-order valence-corrected chi connectivity index (χ2v) is 6.49. The number of carbonyl (C=O) groups excluding carboxylic acids is 1. The van der Waals surface area contributed by atoms with Crippen LogP contribution in [0.1, 0.15) is 25.7 Å². The third kappa shape index (κ3) is 3.77. The Balaban J connectivity index is 1.85. The molecule has 0 saturated heterocycles. The van der Waals surface area contributed by atoms with Gasteiger partial charge in [0.2, 0.25) is 15.9 Å².